The van der Waals surface area contributed by atoms with Gasteiger partial charge in [0.15, 0.2) is 0 Å². The van der Waals surface area contributed by atoms with Gasteiger partial charge in [-0.2, -0.15) is 0 Å². The van der Waals surface area contributed by atoms with Gasteiger partial charge in [0, 0.05) is 10.9 Å². The summed E-state index contributed by atoms with van der Waals surface area (Å²) in [6.07, 6.45) is -0.0731. The maximum Gasteiger partial charge on any atom is 0.148 e. The average Bonchev–Trinajstić information content (AvgIpc) is 2.81. The molecule has 90 valence electrons. The third-order valence-electron chi connectivity index (χ3n) is 2.65. The zero-order chi connectivity index (χ0) is 12.3. The quantitative estimate of drug-likeness (QED) is 0.897. The molecule has 0 amide bonds. The molecule has 1 aromatic heterocycles. The van der Waals surface area contributed by atoms with Crippen molar-refractivity contribution >= 4 is 11.3 Å². The summed E-state index contributed by atoms with van der Waals surface area (Å²) >= 11 is 1.68. The Kier molecular flexibility index (Phi) is 3.82. The molecule has 2 unspecified atom stereocenters. The Balaban J connectivity index is 2.23. The highest BCUT2D eigenvalue weighted by molar-refractivity contribution is 7.10. The zero-order valence-electron chi connectivity index (χ0n) is 10.1. The number of benzene rings is 1. The normalized spacial score (nSPS) is 14.3. The standard InChI is InChI=1S/C14H17NOS/c1-10-6-3-4-7-12(10)16-14(11(2)15)13-8-5-9-17-13/h3-9,11,14H,15H2,1-2H3. The van der Waals surface area contributed by atoms with Crippen molar-refractivity contribution < 1.29 is 4.74 Å². The van der Waals surface area contributed by atoms with Crippen LogP contribution >= 0.6 is 11.3 Å². The molecule has 2 rings (SSSR count). The summed E-state index contributed by atoms with van der Waals surface area (Å²) < 4.78 is 6.04. The van der Waals surface area contributed by atoms with Crippen LogP contribution in [0, 0.1) is 6.92 Å². The molecule has 2 nitrogen and oxygen atoms in total. The Labute approximate surface area is 106 Å². The number of aryl methyl sites for hydroxylation is 1. The van der Waals surface area contributed by atoms with Gasteiger partial charge >= 0.3 is 0 Å². The fourth-order valence-corrected chi connectivity index (χ4v) is 2.57. The van der Waals surface area contributed by atoms with Crippen molar-refractivity contribution in [3.8, 4) is 5.75 Å². The largest absolute Gasteiger partial charge is 0.483 e. The van der Waals surface area contributed by atoms with Gasteiger partial charge in [0.1, 0.15) is 11.9 Å². The smallest absolute Gasteiger partial charge is 0.148 e. The van der Waals surface area contributed by atoms with Crippen LogP contribution in [0.1, 0.15) is 23.5 Å². The van der Waals surface area contributed by atoms with Gasteiger partial charge in [-0.25, -0.2) is 0 Å². The van der Waals surface area contributed by atoms with Crippen LogP contribution in [-0.2, 0) is 0 Å². The minimum absolute atomic E-state index is 0.0340. The van der Waals surface area contributed by atoms with Crippen LogP contribution in [0.15, 0.2) is 41.8 Å². The molecule has 0 bridgehead atoms. The van der Waals surface area contributed by atoms with Gasteiger partial charge < -0.3 is 10.5 Å². The molecule has 17 heavy (non-hydrogen) atoms. The van der Waals surface area contributed by atoms with E-state index in [0.29, 0.717) is 0 Å². The molecule has 0 aliphatic heterocycles. The first kappa shape index (κ1) is 12.1. The average molecular weight is 247 g/mol. The molecule has 0 aliphatic carbocycles. The lowest BCUT2D eigenvalue weighted by molar-refractivity contribution is 0.183. The SMILES string of the molecule is Cc1ccccc1OC(c1cccs1)C(C)N. The third kappa shape index (κ3) is 2.87. The monoisotopic (exact) mass is 247 g/mol. The summed E-state index contributed by atoms with van der Waals surface area (Å²) in [4.78, 5) is 1.17. The number of para-hydroxylation sites is 1. The van der Waals surface area contributed by atoms with Crippen molar-refractivity contribution in [2.45, 2.75) is 26.0 Å². The molecule has 2 atom stereocenters. The van der Waals surface area contributed by atoms with Crippen molar-refractivity contribution in [3.63, 3.8) is 0 Å². The van der Waals surface area contributed by atoms with Crippen LogP contribution in [0.4, 0.5) is 0 Å². The lowest BCUT2D eigenvalue weighted by Gasteiger charge is -2.22. The first-order valence-electron chi connectivity index (χ1n) is 5.70. The molecule has 0 spiro atoms. The second-order valence-electron chi connectivity index (χ2n) is 4.18. The highest BCUT2D eigenvalue weighted by Crippen LogP contribution is 2.29. The summed E-state index contributed by atoms with van der Waals surface area (Å²) in [5.41, 5.74) is 7.14. The summed E-state index contributed by atoms with van der Waals surface area (Å²) in [5, 5.41) is 2.05. The molecule has 0 radical (unpaired) electrons. The summed E-state index contributed by atoms with van der Waals surface area (Å²) in [7, 11) is 0. The zero-order valence-corrected chi connectivity index (χ0v) is 10.9. The minimum atomic E-state index is -0.0731. The lowest BCUT2D eigenvalue weighted by Crippen LogP contribution is -2.28. The second kappa shape index (κ2) is 5.34. The van der Waals surface area contributed by atoms with Crippen LogP contribution in [0.3, 0.4) is 0 Å². The molecule has 2 N–H and O–H groups in total. The van der Waals surface area contributed by atoms with E-state index < -0.39 is 0 Å². The molecular formula is C14H17NOS. The third-order valence-corrected chi connectivity index (χ3v) is 3.58. The highest BCUT2D eigenvalue weighted by Gasteiger charge is 2.19. The lowest BCUT2D eigenvalue weighted by atomic mass is 10.1. The molecule has 0 saturated carbocycles. The van der Waals surface area contributed by atoms with Crippen molar-refractivity contribution in [3.05, 3.63) is 52.2 Å². The van der Waals surface area contributed by atoms with Crippen LogP contribution in [0.5, 0.6) is 5.75 Å². The first-order chi connectivity index (χ1) is 8.18. The molecule has 3 heteroatoms. The van der Waals surface area contributed by atoms with E-state index in [1.54, 1.807) is 11.3 Å². The van der Waals surface area contributed by atoms with Gasteiger partial charge in [0.2, 0.25) is 0 Å². The fraction of sp³-hybridized carbons (Fsp3) is 0.286. The predicted molar refractivity (Wildman–Crippen MR) is 72.5 cm³/mol. The second-order valence-corrected chi connectivity index (χ2v) is 5.16. The van der Waals surface area contributed by atoms with Gasteiger partial charge in [-0.1, -0.05) is 24.3 Å². The Morgan fingerprint density at radius 2 is 1.94 bits per heavy atom. The van der Waals surface area contributed by atoms with Gasteiger partial charge in [-0.15, -0.1) is 11.3 Å². The van der Waals surface area contributed by atoms with Crippen LogP contribution in [0.25, 0.3) is 0 Å². The van der Waals surface area contributed by atoms with Crippen molar-refractivity contribution in [1.82, 2.24) is 0 Å². The maximum absolute atomic E-state index is 6.04. The summed E-state index contributed by atoms with van der Waals surface area (Å²) in [6, 6.07) is 12.1. The van der Waals surface area contributed by atoms with Crippen molar-refractivity contribution in [2.75, 3.05) is 0 Å². The van der Waals surface area contributed by atoms with Crippen LogP contribution in [-0.4, -0.2) is 6.04 Å². The fourth-order valence-electron chi connectivity index (χ4n) is 1.70. The maximum atomic E-state index is 6.04. The summed E-state index contributed by atoms with van der Waals surface area (Å²) in [5.74, 6) is 0.906. The van der Waals surface area contributed by atoms with Crippen molar-refractivity contribution in [2.24, 2.45) is 5.73 Å². The number of hydrogen-bond donors (Lipinski definition) is 1. The number of nitrogens with two attached hydrogens (primary N) is 1. The van der Waals surface area contributed by atoms with E-state index in [9.17, 15) is 0 Å². The van der Waals surface area contributed by atoms with E-state index in [-0.39, 0.29) is 12.1 Å². The van der Waals surface area contributed by atoms with E-state index >= 15 is 0 Å². The molecule has 0 saturated heterocycles. The minimum Gasteiger partial charge on any atom is -0.483 e. The Bertz CT molecular complexity index is 465. The number of thiophene rings is 1. The number of ether oxygens (including phenoxy) is 1. The first-order valence-corrected chi connectivity index (χ1v) is 6.57. The Morgan fingerprint density at radius 1 is 1.18 bits per heavy atom. The molecule has 1 aromatic carbocycles. The summed E-state index contributed by atoms with van der Waals surface area (Å²) in [6.45, 7) is 4.02. The molecule has 2 aromatic rings. The van der Waals surface area contributed by atoms with E-state index in [1.807, 2.05) is 49.6 Å². The van der Waals surface area contributed by atoms with E-state index in [2.05, 4.69) is 6.07 Å². The van der Waals surface area contributed by atoms with Crippen LogP contribution in [0.2, 0.25) is 0 Å². The molecule has 1 heterocycles. The van der Waals surface area contributed by atoms with E-state index in [4.69, 9.17) is 10.5 Å². The van der Waals surface area contributed by atoms with Gasteiger partial charge in [0.05, 0.1) is 0 Å². The van der Waals surface area contributed by atoms with E-state index in [0.717, 1.165) is 11.3 Å². The van der Waals surface area contributed by atoms with E-state index in [1.165, 1.54) is 4.88 Å². The predicted octanol–water partition coefficient (Wildman–Crippen LogP) is 3.52. The molecule has 0 fully saturated rings. The number of hydrogen-bond acceptors (Lipinski definition) is 3. The Hall–Kier alpha value is -1.32. The van der Waals surface area contributed by atoms with Gasteiger partial charge in [0.25, 0.3) is 0 Å². The van der Waals surface area contributed by atoms with Crippen molar-refractivity contribution in [1.29, 1.82) is 0 Å². The van der Waals surface area contributed by atoms with Gasteiger partial charge in [-0.3, -0.25) is 0 Å². The highest BCUT2D eigenvalue weighted by atomic mass is 32.1. The topological polar surface area (TPSA) is 35.2 Å². The number of rotatable bonds is 4. The molecule has 0 aliphatic rings. The molecular weight excluding hydrogens is 230 g/mol. The van der Waals surface area contributed by atoms with Crippen LogP contribution < -0.4 is 10.5 Å². The van der Waals surface area contributed by atoms with Gasteiger partial charge in [-0.05, 0) is 36.9 Å². The Morgan fingerprint density at radius 3 is 2.53 bits per heavy atom.